The van der Waals surface area contributed by atoms with Gasteiger partial charge in [-0.25, -0.2) is 39.7 Å². The van der Waals surface area contributed by atoms with Crippen molar-refractivity contribution in [2.75, 3.05) is 5.32 Å². The van der Waals surface area contributed by atoms with Crippen molar-refractivity contribution in [2.24, 2.45) is 9.98 Å². The van der Waals surface area contributed by atoms with Crippen LogP contribution < -0.4 is 26.0 Å². The molecule has 68 heavy (non-hydrogen) atoms. The number of nitrogens with one attached hydrogen (secondary N) is 6. The van der Waals surface area contributed by atoms with Crippen LogP contribution in [0.2, 0.25) is 0 Å². The maximum Gasteiger partial charge on any atom is 0.328 e. The lowest BCUT2D eigenvalue weighted by Crippen LogP contribution is -2.63. The summed E-state index contributed by atoms with van der Waals surface area (Å²) in [4.78, 5) is 60.3. The number of hydrogen-bond donors (Lipinski definition) is 7. The SMILES string of the molecule is C[C@H]([NH3+])C(O)=N[C@@H](CCC(=O)Nc1ccc(-c2c3nc(c(-c4cc[nH+]cc4)c4ccc([nH]4)c(-c4cc[nH+]cc4)c4nc(c(-c5cc[nH+]cc5)c5ccc2[nH]5)C=C4)C=C3)cc1)C(O)=N[C@@H](C)C(=O)O. The molecule has 7 aromatic rings. The van der Waals surface area contributed by atoms with Crippen LogP contribution in [-0.4, -0.2) is 77.1 Å². The summed E-state index contributed by atoms with van der Waals surface area (Å²) in [6, 6.07) is 24.9. The highest BCUT2D eigenvalue weighted by molar-refractivity contribution is 6.00. The number of aromatic nitrogens is 7. The van der Waals surface area contributed by atoms with E-state index in [9.17, 15) is 24.9 Å². The number of aromatic amines is 5. The van der Waals surface area contributed by atoms with Gasteiger partial charge < -0.3 is 36.3 Å². The van der Waals surface area contributed by atoms with Crippen molar-refractivity contribution >= 4 is 75.7 Å². The summed E-state index contributed by atoms with van der Waals surface area (Å²) >= 11 is 0. The Morgan fingerprint density at radius 1 is 0.574 bits per heavy atom. The van der Waals surface area contributed by atoms with E-state index in [1.165, 1.54) is 6.92 Å². The van der Waals surface area contributed by atoms with E-state index in [1.54, 1.807) is 19.1 Å². The maximum atomic E-state index is 13.3. The molecule has 8 heterocycles. The van der Waals surface area contributed by atoms with Gasteiger partial charge in [0.05, 0.1) is 22.8 Å². The number of H-pyrrole nitrogens is 5. The van der Waals surface area contributed by atoms with E-state index in [-0.39, 0.29) is 24.6 Å². The predicted molar refractivity (Wildman–Crippen MR) is 261 cm³/mol. The molecule has 0 saturated heterocycles. The number of hydrogen-bond acceptors (Lipinski definition) is 6. The molecular formula is C52H49N11O5+4. The zero-order chi connectivity index (χ0) is 47.3. The molecular weight excluding hydrogens is 859 g/mol. The molecule has 8 bridgehead atoms. The number of carboxylic acid groups (broad SMARTS) is 1. The van der Waals surface area contributed by atoms with Gasteiger partial charge in [0.15, 0.2) is 43.2 Å². The molecule has 1 aromatic carbocycles. The van der Waals surface area contributed by atoms with E-state index >= 15 is 0 Å². The first-order chi connectivity index (χ1) is 33.0. The number of carboxylic acids is 1. The van der Waals surface area contributed by atoms with Gasteiger partial charge in [-0.15, -0.1) is 0 Å². The van der Waals surface area contributed by atoms with Gasteiger partial charge in [0, 0.05) is 92.8 Å². The fraction of sp³-hybridized carbons (Fsp3) is 0.135. The summed E-state index contributed by atoms with van der Waals surface area (Å²) in [7, 11) is 0. The number of aliphatic hydroxyl groups is 2. The average molecular weight is 908 g/mol. The fourth-order valence-electron chi connectivity index (χ4n) is 8.17. The second kappa shape index (κ2) is 19.3. The molecule has 338 valence electrons. The van der Waals surface area contributed by atoms with E-state index < -0.39 is 30.0 Å². The number of aliphatic carboxylic acids is 1. The van der Waals surface area contributed by atoms with Gasteiger partial charge in [0.25, 0.3) is 0 Å². The van der Waals surface area contributed by atoms with E-state index in [4.69, 9.17) is 9.97 Å². The largest absolute Gasteiger partial charge is 0.495 e. The van der Waals surface area contributed by atoms with Crippen LogP contribution in [0.4, 0.5) is 5.69 Å². The van der Waals surface area contributed by atoms with Crippen molar-refractivity contribution in [2.45, 2.75) is 44.8 Å². The molecule has 6 aromatic heterocycles. The van der Waals surface area contributed by atoms with Crippen LogP contribution in [-0.2, 0) is 9.59 Å². The molecule has 2 aliphatic rings. The van der Waals surface area contributed by atoms with E-state index in [0.29, 0.717) is 11.4 Å². The van der Waals surface area contributed by atoms with Crippen LogP contribution in [0, 0.1) is 0 Å². The Morgan fingerprint density at radius 2 is 0.956 bits per heavy atom. The predicted octanol–water partition coefficient (Wildman–Crippen LogP) is 6.87. The summed E-state index contributed by atoms with van der Waals surface area (Å²) < 4.78 is 0. The van der Waals surface area contributed by atoms with Crippen molar-refractivity contribution in [1.82, 2.24) is 19.9 Å². The third-order valence-electron chi connectivity index (χ3n) is 11.6. The van der Waals surface area contributed by atoms with Gasteiger partial charge in [-0.1, -0.05) is 12.1 Å². The van der Waals surface area contributed by atoms with Crippen LogP contribution in [0.25, 0.3) is 90.9 Å². The topological polar surface area (TPSA) is 259 Å². The second-order valence-electron chi connectivity index (χ2n) is 16.4. The van der Waals surface area contributed by atoms with Crippen molar-refractivity contribution in [1.29, 1.82) is 0 Å². The third-order valence-corrected chi connectivity index (χ3v) is 11.6. The first-order valence-electron chi connectivity index (χ1n) is 22.1. The molecule has 9 rings (SSSR count). The van der Waals surface area contributed by atoms with Crippen molar-refractivity contribution in [3.8, 4) is 44.5 Å². The molecule has 1 amide bonds. The lowest BCUT2D eigenvalue weighted by atomic mass is 10.0. The normalized spacial score (nSPS) is 13.8. The summed E-state index contributed by atoms with van der Waals surface area (Å²) in [5.74, 6) is -2.59. The number of carbonyl (C=O) groups excluding carboxylic acids is 1. The van der Waals surface area contributed by atoms with Crippen molar-refractivity contribution in [3.63, 3.8) is 0 Å². The number of quaternary nitrogens is 1. The van der Waals surface area contributed by atoms with Crippen molar-refractivity contribution < 1.29 is 45.6 Å². The molecule has 12 N–H and O–H groups in total. The van der Waals surface area contributed by atoms with Crippen LogP contribution in [0.15, 0.2) is 132 Å². The molecule has 0 saturated carbocycles. The fourth-order valence-corrected chi connectivity index (χ4v) is 8.17. The van der Waals surface area contributed by atoms with E-state index in [2.05, 4.69) is 76.3 Å². The van der Waals surface area contributed by atoms with E-state index in [0.717, 1.165) is 83.7 Å². The van der Waals surface area contributed by atoms with Crippen LogP contribution in [0.5, 0.6) is 0 Å². The quantitative estimate of drug-likeness (QED) is 0.0477. The molecule has 0 fully saturated rings. The Bertz CT molecular complexity index is 3290. The zero-order valence-corrected chi connectivity index (χ0v) is 37.2. The Hall–Kier alpha value is -8.89. The molecule has 16 heteroatoms. The Kier molecular flexibility index (Phi) is 12.6. The Labute approximate surface area is 389 Å². The number of amides is 1. The second-order valence-corrected chi connectivity index (χ2v) is 16.4. The van der Waals surface area contributed by atoms with Gasteiger partial charge >= 0.3 is 5.97 Å². The minimum atomic E-state index is -1.26. The summed E-state index contributed by atoms with van der Waals surface area (Å²) in [6.07, 6.45) is 19.3. The molecule has 0 spiro atoms. The third kappa shape index (κ3) is 9.43. The van der Waals surface area contributed by atoms with Gasteiger partial charge in [-0.05, 0) is 103 Å². The molecule has 16 nitrogen and oxygen atoms in total. The first kappa shape index (κ1) is 44.3. The van der Waals surface area contributed by atoms with Crippen molar-refractivity contribution in [3.05, 3.63) is 145 Å². The highest BCUT2D eigenvalue weighted by Crippen LogP contribution is 2.38. The van der Waals surface area contributed by atoms with Crippen LogP contribution in [0.1, 0.15) is 49.5 Å². The number of carbonyl (C=O) groups is 2. The Morgan fingerprint density at radius 3 is 1.32 bits per heavy atom. The monoisotopic (exact) mass is 907 g/mol. The van der Waals surface area contributed by atoms with Crippen LogP contribution in [0.3, 0.4) is 0 Å². The smallest absolute Gasteiger partial charge is 0.328 e. The number of anilines is 1. The number of nitrogens with zero attached hydrogens (tertiary/aromatic N) is 4. The lowest BCUT2D eigenvalue weighted by molar-refractivity contribution is -0.392. The number of rotatable bonds is 13. The summed E-state index contributed by atoms with van der Waals surface area (Å²) in [6.45, 7) is 2.91. The number of pyridine rings is 3. The summed E-state index contributed by atoms with van der Waals surface area (Å²) in [5.41, 5.74) is 18.0. The standard InChI is InChI=1S/C52H45N11O5/c1-29(53)50(65)63-44(51(66)57-30(2)52(67)68)15-16-45(64)58-35-5-3-31(4-6-35)46-36-7-9-38(59-36)47(32-17-23-54-24-18-32)40-11-13-42(61-40)49(34-21-27-56-28-22-34)43-14-12-41(62-43)48(33-19-25-55-26-20-33)39-10-8-37(46)60-39/h3-14,17-30,44,59,62H,15-16,53H2,1-2H3,(H,57,66)(H,58,64)(H,63,65)(H,67,68)/p+4/t29-,30-,44-/m0/s1. The minimum absolute atomic E-state index is 0.0579. The Balaban J connectivity index is 1.18. The molecule has 0 unspecified atom stereocenters. The molecule has 2 aliphatic heterocycles. The number of benzene rings is 1. The van der Waals surface area contributed by atoms with Gasteiger partial charge in [-0.3, -0.25) is 4.79 Å². The highest BCUT2D eigenvalue weighted by Gasteiger charge is 2.23. The molecule has 0 radical (unpaired) electrons. The minimum Gasteiger partial charge on any atom is -0.495 e. The zero-order valence-electron chi connectivity index (χ0n) is 37.2. The maximum absolute atomic E-state index is 13.3. The number of aliphatic hydroxyl groups excluding tert-OH is 2. The number of aliphatic imine (C=N–C) groups is 2. The molecule has 0 aliphatic carbocycles. The van der Waals surface area contributed by atoms with Gasteiger partial charge in [0.1, 0.15) is 12.1 Å². The first-order valence-corrected chi connectivity index (χ1v) is 22.1. The average Bonchev–Trinajstić information content (AvgIpc) is 4.20. The molecule has 3 atom stereocenters. The lowest BCUT2D eigenvalue weighted by Gasteiger charge is -2.14. The van der Waals surface area contributed by atoms with Crippen LogP contribution >= 0.6 is 0 Å². The highest BCUT2D eigenvalue weighted by atomic mass is 16.4. The van der Waals surface area contributed by atoms with Gasteiger partial charge in [-0.2, -0.15) is 0 Å². The van der Waals surface area contributed by atoms with E-state index in [1.807, 2.05) is 104 Å². The van der Waals surface area contributed by atoms with Gasteiger partial charge in [0.2, 0.25) is 17.7 Å². The summed E-state index contributed by atoms with van der Waals surface area (Å²) in [5, 5.41) is 33.2. The number of fused-ring (bicyclic) bond motifs is 8.